The van der Waals surface area contributed by atoms with Gasteiger partial charge in [0.1, 0.15) is 23.3 Å². The molecule has 0 bridgehead atoms. The molecule has 2 saturated heterocycles. The molecule has 2 aliphatic heterocycles. The maximum Gasteiger partial charge on any atom is 2.00 e. The second-order valence-corrected chi connectivity index (χ2v) is 8.52. The van der Waals surface area contributed by atoms with Crippen molar-refractivity contribution in [2.45, 2.75) is 25.7 Å². The van der Waals surface area contributed by atoms with Gasteiger partial charge in [-0.05, 0) is 77.4 Å². The van der Waals surface area contributed by atoms with Crippen molar-refractivity contribution < 1.29 is 39.6 Å². The minimum atomic E-state index is -0.824. The first-order valence-corrected chi connectivity index (χ1v) is 11.3. The molecule has 2 fully saturated rings. The van der Waals surface area contributed by atoms with Gasteiger partial charge < -0.3 is 28.6 Å². The van der Waals surface area contributed by atoms with Gasteiger partial charge >= 0.3 is 23.1 Å². The summed E-state index contributed by atoms with van der Waals surface area (Å²) in [5.74, 6) is -3.24. The van der Waals surface area contributed by atoms with Crippen LogP contribution in [0.25, 0.3) is 0 Å². The number of aldehydes is 1. The second-order valence-electron chi connectivity index (χ2n) is 8.52. The Morgan fingerprint density at radius 3 is 1.81 bits per heavy atom. The quantitative estimate of drug-likeness (QED) is 0.196. The van der Waals surface area contributed by atoms with Crippen LogP contribution >= 0.6 is 0 Å². The van der Waals surface area contributed by atoms with Crippen molar-refractivity contribution in [3.8, 4) is 0 Å². The van der Waals surface area contributed by atoms with Gasteiger partial charge in [-0.3, -0.25) is 9.59 Å². The van der Waals surface area contributed by atoms with Crippen LogP contribution in [-0.2, 0) is 0 Å². The Labute approximate surface area is 233 Å². The molecule has 0 aliphatic carbocycles. The van der Waals surface area contributed by atoms with Gasteiger partial charge in [0.15, 0.2) is 12.1 Å². The fourth-order valence-corrected chi connectivity index (χ4v) is 3.66. The number of carbonyl (C=O) groups excluding carboxylic acids is 2. The normalized spacial score (nSPS) is 16.2. The van der Waals surface area contributed by atoms with E-state index < -0.39 is 23.3 Å². The number of likely N-dealkylation sites (tertiary alicyclic amines) is 2. The maximum absolute atomic E-state index is 13.5. The topological polar surface area (TPSA) is 40.6 Å². The number of carbonyl (C=O) groups is 2. The molecule has 0 aromatic heterocycles. The minimum absolute atomic E-state index is 0. The Balaban J connectivity index is 0.000000551. The van der Waals surface area contributed by atoms with Crippen LogP contribution in [0.2, 0.25) is 0 Å². The number of hydrogen-bond donors (Lipinski definition) is 0. The van der Waals surface area contributed by atoms with E-state index in [1.165, 1.54) is 32.0 Å². The fraction of sp³-hybridized carbons (Fsp3) is 0.423. The van der Waals surface area contributed by atoms with Crippen LogP contribution in [0.4, 0.5) is 17.6 Å². The van der Waals surface area contributed by atoms with E-state index in [0.29, 0.717) is 12.4 Å². The number of benzene rings is 2. The molecule has 0 N–H and O–H groups in total. The van der Waals surface area contributed by atoms with Gasteiger partial charge in [-0.1, -0.05) is 0 Å². The van der Waals surface area contributed by atoms with Crippen molar-refractivity contribution in [2.24, 2.45) is 5.92 Å². The van der Waals surface area contributed by atoms with Gasteiger partial charge in [0.2, 0.25) is 0 Å². The molecule has 4 nitrogen and oxygen atoms in total. The van der Waals surface area contributed by atoms with E-state index >= 15 is 0 Å². The monoisotopic (exact) mass is 538 g/mol. The zero-order valence-electron chi connectivity index (χ0n) is 20.7. The molecule has 2 aliphatic rings. The number of piperidine rings is 2. The van der Waals surface area contributed by atoms with Crippen molar-refractivity contribution in [1.29, 1.82) is 0 Å². The van der Waals surface area contributed by atoms with Crippen LogP contribution in [0.5, 0.6) is 0 Å². The Bertz CT molecular complexity index is 954. The third-order valence-corrected chi connectivity index (χ3v) is 5.81. The number of ketones is 1. The van der Waals surface area contributed by atoms with Crippen LogP contribution in [0.1, 0.15) is 46.4 Å². The molecule has 2 heterocycles. The zero-order chi connectivity index (χ0) is 25.1. The number of rotatable bonds is 3. The molecule has 2 aromatic rings. The summed E-state index contributed by atoms with van der Waals surface area (Å²) in [6, 6.07) is 5.94. The van der Waals surface area contributed by atoms with Crippen molar-refractivity contribution >= 4 is 35.1 Å². The summed E-state index contributed by atoms with van der Waals surface area (Å²) >= 11 is 0. The maximum atomic E-state index is 13.5. The third-order valence-electron chi connectivity index (χ3n) is 5.81. The molecule has 10 heteroatoms. The summed E-state index contributed by atoms with van der Waals surface area (Å²) < 4.78 is 50.7. The van der Waals surface area contributed by atoms with E-state index in [0.717, 1.165) is 50.2 Å². The van der Waals surface area contributed by atoms with E-state index in [-0.39, 0.29) is 58.3 Å². The molecule has 0 spiro atoms. The number of Topliss-reactive ketones (excluding diaryl/α,β-unsaturated/α-hetero) is 1. The first-order chi connectivity index (χ1) is 16.2. The average molecular weight is 539 g/mol. The smallest absolute Gasteiger partial charge is 1.00 e. The van der Waals surface area contributed by atoms with Gasteiger partial charge in [0.05, 0.1) is 11.1 Å². The number of halogens is 5. The predicted octanol–water partition coefficient (Wildman–Crippen LogP) is 1.81. The molecular formula is C26H31ClF4MgN2O2. The predicted molar refractivity (Wildman–Crippen MR) is 129 cm³/mol. The molecule has 0 unspecified atom stereocenters. The van der Waals surface area contributed by atoms with Crippen molar-refractivity contribution in [3.63, 3.8) is 0 Å². The average Bonchev–Trinajstić information content (AvgIpc) is 2.81. The van der Waals surface area contributed by atoms with Crippen LogP contribution < -0.4 is 12.4 Å². The van der Waals surface area contributed by atoms with E-state index in [9.17, 15) is 27.2 Å². The Morgan fingerprint density at radius 2 is 1.36 bits per heavy atom. The van der Waals surface area contributed by atoms with Crippen molar-refractivity contribution in [1.82, 2.24) is 9.80 Å². The van der Waals surface area contributed by atoms with Crippen LogP contribution in [0.15, 0.2) is 36.4 Å². The van der Waals surface area contributed by atoms with Gasteiger partial charge in [0, 0.05) is 18.1 Å². The van der Waals surface area contributed by atoms with Crippen molar-refractivity contribution in [2.75, 3.05) is 40.3 Å². The number of hydrogen-bond acceptors (Lipinski definition) is 4. The summed E-state index contributed by atoms with van der Waals surface area (Å²) in [6.07, 6.45) is 6.76. The Morgan fingerprint density at radius 1 is 0.861 bits per heavy atom. The molecule has 194 valence electrons. The first kappa shape index (κ1) is 34.5. The largest absolute Gasteiger partial charge is 2.00 e. The SMILES string of the molecule is CN1CCC(C(=O)c2ccc(F)cc2F)CC1.CN1CC[CH-]CC1.O=Cc1ccc(F)cc1F.[Cl-].[Mg+2]. The standard InChI is InChI=1S/C13H15F2NO.C7H4F2O.C6H12N.ClH.Mg/c1-16-6-4-9(5-7-16)13(17)11-3-2-10(14)8-12(11)15;8-6-2-1-5(4-10)7(9)3-6;1-7-5-3-2-4-6-7;;/h2-3,8-9H,4-7H2,1H3;1-4H;2H,3-6H2,1H3;1H;/q;;-1;;+2/p-1. The molecule has 4 rings (SSSR count). The second kappa shape index (κ2) is 17.8. The first-order valence-electron chi connectivity index (χ1n) is 11.3. The van der Waals surface area contributed by atoms with Crippen molar-refractivity contribution in [3.05, 3.63) is 77.2 Å². The Hall–Kier alpha value is -1.52. The molecule has 2 aromatic carbocycles. The number of nitrogens with zero attached hydrogens (tertiary/aromatic N) is 2. The van der Waals surface area contributed by atoms with E-state index in [4.69, 9.17) is 0 Å². The third kappa shape index (κ3) is 11.7. The summed E-state index contributed by atoms with van der Waals surface area (Å²) in [5.41, 5.74) is -0.109. The van der Waals surface area contributed by atoms with Crippen LogP contribution in [0, 0.1) is 35.6 Å². The van der Waals surface area contributed by atoms with Gasteiger partial charge in [-0.2, -0.15) is 12.8 Å². The van der Waals surface area contributed by atoms with E-state index in [1.807, 2.05) is 7.05 Å². The summed E-state index contributed by atoms with van der Waals surface area (Å²) in [6.45, 7) is 4.22. The molecule has 0 amide bonds. The van der Waals surface area contributed by atoms with Crippen LogP contribution in [-0.4, -0.2) is 85.2 Å². The molecule has 0 saturated carbocycles. The summed E-state index contributed by atoms with van der Waals surface area (Å²) in [4.78, 5) is 26.5. The zero-order valence-corrected chi connectivity index (χ0v) is 22.8. The molecule has 0 atom stereocenters. The molecule has 0 radical (unpaired) electrons. The Kier molecular flexibility index (Phi) is 17.1. The van der Waals surface area contributed by atoms with Gasteiger partial charge in [-0.15, -0.1) is 0 Å². The molecule has 36 heavy (non-hydrogen) atoms. The molecular weight excluding hydrogens is 508 g/mol. The minimum Gasteiger partial charge on any atom is -1.00 e. The van der Waals surface area contributed by atoms with Gasteiger partial charge in [-0.25, -0.2) is 17.6 Å². The van der Waals surface area contributed by atoms with Crippen LogP contribution in [0.3, 0.4) is 0 Å². The van der Waals surface area contributed by atoms with E-state index in [2.05, 4.69) is 23.3 Å². The summed E-state index contributed by atoms with van der Waals surface area (Å²) in [5, 5.41) is 0. The fourth-order valence-electron chi connectivity index (χ4n) is 3.66. The van der Waals surface area contributed by atoms with E-state index in [1.54, 1.807) is 0 Å². The summed E-state index contributed by atoms with van der Waals surface area (Å²) in [7, 11) is 4.17. The van der Waals surface area contributed by atoms with Gasteiger partial charge in [0.25, 0.3) is 0 Å².